The maximum atomic E-state index is 9.27. The minimum Gasteiger partial charge on any atom is -0.508 e. The van der Waals surface area contributed by atoms with E-state index in [0.717, 1.165) is 22.6 Å². The minimum atomic E-state index is -1.82. The Morgan fingerprint density at radius 2 is 0.905 bits per heavy atom. The van der Waals surface area contributed by atoms with Crippen LogP contribution in [0.4, 0.5) is 0 Å². The number of hydrogen-bond acceptors (Lipinski definition) is 8. The largest absolute Gasteiger partial charge is 0.508 e. The van der Waals surface area contributed by atoms with E-state index in [2.05, 4.69) is 24.3 Å². The van der Waals surface area contributed by atoms with Crippen molar-refractivity contribution in [1.82, 2.24) is 0 Å². The number of benzene rings is 4. The fourth-order valence-corrected chi connectivity index (χ4v) is 5.43. The fraction of sp³-hybridized carbons (Fsp3) is 0.188. The van der Waals surface area contributed by atoms with Gasteiger partial charge in [-0.15, -0.1) is 0 Å². The van der Waals surface area contributed by atoms with Gasteiger partial charge in [-0.3, -0.25) is 0 Å². The van der Waals surface area contributed by atoms with Crippen molar-refractivity contribution in [2.24, 2.45) is 11.5 Å². The molecule has 0 aromatic heterocycles. The first kappa shape index (κ1) is 34.2. The van der Waals surface area contributed by atoms with Gasteiger partial charge >= 0.3 is 11.9 Å². The van der Waals surface area contributed by atoms with Crippen molar-refractivity contribution in [2.45, 2.75) is 58.4 Å². The van der Waals surface area contributed by atoms with Crippen molar-refractivity contribution in [3.8, 4) is 11.5 Å². The molecule has 42 heavy (non-hydrogen) atoms. The minimum absolute atomic E-state index is 0.159. The Bertz CT molecular complexity index is 1300. The van der Waals surface area contributed by atoms with Crippen LogP contribution in [0.5, 0.6) is 11.5 Å². The maximum Gasteiger partial charge on any atom is 0.414 e. The summed E-state index contributed by atoms with van der Waals surface area (Å²) in [5.74, 6) is -3.06. The van der Waals surface area contributed by atoms with Crippen LogP contribution in [-0.4, -0.2) is 44.4 Å². The van der Waals surface area contributed by atoms with Crippen LogP contribution in [0.3, 0.4) is 0 Å². The van der Waals surface area contributed by atoms with Crippen LogP contribution in [0.2, 0.25) is 0 Å². The van der Waals surface area contributed by atoms with Gasteiger partial charge in [-0.1, -0.05) is 59.9 Å². The van der Waals surface area contributed by atoms with Crippen LogP contribution < -0.4 is 11.5 Å². The summed E-state index contributed by atoms with van der Waals surface area (Å²) in [5.41, 5.74) is 14.3. The van der Waals surface area contributed by atoms with Gasteiger partial charge in [0.05, 0.1) is 0 Å². The fourth-order valence-electron chi connectivity index (χ4n) is 3.52. The first-order valence-corrected chi connectivity index (χ1v) is 14.6. The molecule has 0 heterocycles. The topological polar surface area (TPSA) is 167 Å². The van der Waals surface area contributed by atoms with Crippen LogP contribution >= 0.6 is 23.5 Å². The van der Waals surface area contributed by atoms with Crippen molar-refractivity contribution in [1.29, 1.82) is 0 Å². The number of aromatic hydroxyl groups is 2. The number of phenolic OH excluding ortho intramolecular Hbond substituents is 2. The van der Waals surface area contributed by atoms with Gasteiger partial charge in [0.25, 0.3) is 0 Å². The smallest absolute Gasteiger partial charge is 0.414 e. The second kappa shape index (κ2) is 17.8. The molecule has 0 spiro atoms. The first-order chi connectivity index (χ1) is 19.9. The van der Waals surface area contributed by atoms with Gasteiger partial charge < -0.3 is 31.9 Å². The summed E-state index contributed by atoms with van der Waals surface area (Å²) in [6.07, 6.45) is 1.75. The van der Waals surface area contributed by atoms with Gasteiger partial charge in [0, 0.05) is 31.7 Å². The molecule has 8 nitrogen and oxygen atoms in total. The lowest BCUT2D eigenvalue weighted by Gasteiger charge is -2.11. The highest BCUT2D eigenvalue weighted by Gasteiger charge is 2.07. The van der Waals surface area contributed by atoms with Crippen molar-refractivity contribution < 1.29 is 30.0 Å². The number of rotatable bonds is 8. The quantitative estimate of drug-likeness (QED) is 0.130. The lowest BCUT2D eigenvalue weighted by molar-refractivity contribution is -0.159. The average molecular weight is 609 g/mol. The Kier molecular flexibility index (Phi) is 14.5. The first-order valence-electron chi connectivity index (χ1n) is 13.0. The Hall–Kier alpha value is -3.96. The molecule has 2 atom stereocenters. The molecule has 0 saturated carbocycles. The number of phenols is 2. The predicted molar refractivity (Wildman–Crippen MR) is 167 cm³/mol. The number of hydrogen-bond donors (Lipinski definition) is 6. The van der Waals surface area contributed by atoms with Crippen LogP contribution in [0.25, 0.3) is 0 Å². The van der Waals surface area contributed by atoms with Gasteiger partial charge in [-0.2, -0.15) is 0 Å². The van der Waals surface area contributed by atoms with Crippen molar-refractivity contribution >= 4 is 35.5 Å². The van der Waals surface area contributed by atoms with E-state index in [-0.39, 0.29) is 12.1 Å². The molecule has 0 aliphatic carbocycles. The average Bonchev–Trinajstić information content (AvgIpc) is 2.93. The molecule has 0 bridgehead atoms. The second-order valence-electron chi connectivity index (χ2n) is 9.38. The van der Waals surface area contributed by atoms with E-state index in [9.17, 15) is 10.2 Å². The van der Waals surface area contributed by atoms with E-state index >= 15 is 0 Å². The molecule has 8 N–H and O–H groups in total. The SMILES string of the molecule is CC(N)Cc1ccccc1Sc1ccc(O)cc1.CC(N)Cc1ccccc1Sc1ccc(O)cc1.O=C(O)C(=O)O. The summed E-state index contributed by atoms with van der Waals surface area (Å²) in [4.78, 5) is 22.9. The summed E-state index contributed by atoms with van der Waals surface area (Å²) < 4.78 is 0. The number of carboxylic acids is 2. The molecular formula is C32H36N2O6S2. The number of aliphatic carboxylic acids is 2. The van der Waals surface area contributed by atoms with E-state index in [1.54, 1.807) is 47.8 Å². The lowest BCUT2D eigenvalue weighted by atomic mass is 10.1. The molecule has 0 aliphatic heterocycles. The third-order valence-corrected chi connectivity index (χ3v) is 7.59. The van der Waals surface area contributed by atoms with Gasteiger partial charge in [-0.05, 0) is 98.5 Å². The van der Waals surface area contributed by atoms with E-state index in [0.29, 0.717) is 11.5 Å². The molecule has 0 fully saturated rings. The third kappa shape index (κ3) is 13.1. The van der Waals surface area contributed by atoms with E-state index in [1.807, 2.05) is 62.4 Å². The Balaban J connectivity index is 0.000000247. The highest BCUT2D eigenvalue weighted by Crippen LogP contribution is 2.33. The number of carbonyl (C=O) groups is 2. The molecule has 222 valence electrons. The Morgan fingerprint density at radius 1 is 0.595 bits per heavy atom. The second-order valence-corrected chi connectivity index (χ2v) is 11.6. The zero-order chi connectivity index (χ0) is 31.1. The molecule has 10 heteroatoms. The van der Waals surface area contributed by atoms with E-state index < -0.39 is 11.9 Å². The summed E-state index contributed by atoms with van der Waals surface area (Å²) >= 11 is 3.40. The molecule has 4 aromatic carbocycles. The highest BCUT2D eigenvalue weighted by atomic mass is 32.2. The molecule has 2 unspecified atom stereocenters. The Labute approximate surface area is 254 Å². The number of carboxylic acid groups (broad SMARTS) is 2. The van der Waals surface area contributed by atoms with Gasteiger partial charge in [0.1, 0.15) is 11.5 Å². The Morgan fingerprint density at radius 3 is 1.19 bits per heavy atom. The van der Waals surface area contributed by atoms with Crippen molar-refractivity contribution in [3.63, 3.8) is 0 Å². The van der Waals surface area contributed by atoms with Gasteiger partial charge in [-0.25, -0.2) is 9.59 Å². The van der Waals surface area contributed by atoms with Crippen LogP contribution in [0.1, 0.15) is 25.0 Å². The molecule has 0 amide bonds. The summed E-state index contributed by atoms with van der Waals surface area (Å²) in [5, 5.41) is 33.3. The van der Waals surface area contributed by atoms with Crippen molar-refractivity contribution in [3.05, 3.63) is 108 Å². The standard InChI is InChI=1S/2C15H17NOS.C2H2O4/c2*1-11(16)10-12-4-2-3-5-15(12)18-14-8-6-13(17)7-9-14;3-1(4)2(5)6/h2*2-9,11,17H,10,16H2,1H3;(H,3,4)(H,5,6). The predicted octanol–water partition coefficient (Wildman–Crippen LogP) is 6.02. The number of nitrogens with two attached hydrogens (primary N) is 2. The monoisotopic (exact) mass is 608 g/mol. The zero-order valence-corrected chi connectivity index (χ0v) is 25.0. The van der Waals surface area contributed by atoms with Crippen LogP contribution in [-0.2, 0) is 22.4 Å². The van der Waals surface area contributed by atoms with Gasteiger partial charge in [0.2, 0.25) is 0 Å². The van der Waals surface area contributed by atoms with Crippen LogP contribution in [0.15, 0.2) is 117 Å². The lowest BCUT2D eigenvalue weighted by Crippen LogP contribution is -2.18. The molecular weight excluding hydrogens is 572 g/mol. The molecule has 0 aliphatic rings. The highest BCUT2D eigenvalue weighted by molar-refractivity contribution is 7.99. The molecule has 0 saturated heterocycles. The zero-order valence-electron chi connectivity index (χ0n) is 23.4. The normalized spacial score (nSPS) is 11.6. The van der Waals surface area contributed by atoms with Crippen molar-refractivity contribution in [2.75, 3.05) is 0 Å². The van der Waals surface area contributed by atoms with Crippen LogP contribution in [0, 0.1) is 0 Å². The maximum absolute atomic E-state index is 9.27. The molecule has 4 rings (SSSR count). The summed E-state index contributed by atoms with van der Waals surface area (Å²) in [6.45, 7) is 4.03. The molecule has 0 radical (unpaired) electrons. The third-order valence-electron chi connectivity index (χ3n) is 5.34. The van der Waals surface area contributed by atoms with E-state index in [4.69, 9.17) is 31.3 Å². The van der Waals surface area contributed by atoms with Gasteiger partial charge in [0.15, 0.2) is 0 Å². The molecule has 4 aromatic rings. The van der Waals surface area contributed by atoms with E-state index in [1.165, 1.54) is 20.9 Å². The summed E-state index contributed by atoms with van der Waals surface area (Å²) in [7, 11) is 0. The summed E-state index contributed by atoms with van der Waals surface area (Å²) in [6, 6.07) is 31.4.